The van der Waals surface area contributed by atoms with Crippen LogP contribution in [0, 0.1) is 0 Å². The highest BCUT2D eigenvalue weighted by Crippen LogP contribution is 2.14. The van der Waals surface area contributed by atoms with Gasteiger partial charge in [-0.3, -0.25) is 19.4 Å². The third-order valence-corrected chi connectivity index (χ3v) is 4.44. The number of aryl methyl sites for hydroxylation is 1. The van der Waals surface area contributed by atoms with Crippen molar-refractivity contribution in [3.63, 3.8) is 0 Å². The Hall–Kier alpha value is -2.21. The Morgan fingerprint density at radius 1 is 1.29 bits per heavy atom. The van der Waals surface area contributed by atoms with Gasteiger partial charge < -0.3 is 5.32 Å². The number of nitrogens with one attached hydrogen (secondary N) is 1. The average molecular weight is 327 g/mol. The smallest absolute Gasteiger partial charge is 0.269 e. The van der Waals surface area contributed by atoms with Crippen molar-refractivity contribution >= 4 is 5.91 Å². The molecule has 2 aromatic heterocycles. The van der Waals surface area contributed by atoms with Crippen LogP contribution in [0.15, 0.2) is 36.8 Å². The second-order valence-electron chi connectivity index (χ2n) is 6.32. The van der Waals surface area contributed by atoms with Gasteiger partial charge in [-0.25, -0.2) is 0 Å². The lowest BCUT2D eigenvalue weighted by Crippen LogP contribution is -2.44. The first kappa shape index (κ1) is 16.6. The fourth-order valence-electron chi connectivity index (χ4n) is 3.16. The number of carbonyl (C=O) groups excluding carboxylic acids is 1. The SMILES string of the molecule is CCCn1nccc1C(=O)NC1CCN(Cc2cccnc2)CC1. The maximum atomic E-state index is 12.4. The van der Waals surface area contributed by atoms with Gasteiger partial charge >= 0.3 is 0 Å². The molecule has 0 unspecified atom stereocenters. The Balaban J connectivity index is 1.48. The van der Waals surface area contributed by atoms with Gasteiger partial charge in [-0.1, -0.05) is 13.0 Å². The van der Waals surface area contributed by atoms with Crippen molar-refractivity contribution in [2.24, 2.45) is 0 Å². The number of hydrogen-bond acceptors (Lipinski definition) is 4. The third kappa shape index (κ3) is 4.20. The lowest BCUT2D eigenvalue weighted by molar-refractivity contribution is 0.0898. The van der Waals surface area contributed by atoms with Gasteiger partial charge in [-0.2, -0.15) is 5.10 Å². The van der Waals surface area contributed by atoms with Crippen LogP contribution >= 0.6 is 0 Å². The van der Waals surface area contributed by atoms with E-state index in [9.17, 15) is 4.79 Å². The summed E-state index contributed by atoms with van der Waals surface area (Å²) in [6, 6.07) is 6.12. The number of pyridine rings is 1. The van der Waals surface area contributed by atoms with Gasteiger partial charge in [0, 0.05) is 50.8 Å². The molecule has 1 saturated heterocycles. The van der Waals surface area contributed by atoms with Crippen molar-refractivity contribution in [2.75, 3.05) is 13.1 Å². The molecule has 0 bridgehead atoms. The van der Waals surface area contributed by atoms with Crippen LogP contribution in [0.1, 0.15) is 42.2 Å². The molecule has 1 aliphatic heterocycles. The molecule has 6 heteroatoms. The Labute approximate surface area is 142 Å². The molecular weight excluding hydrogens is 302 g/mol. The van der Waals surface area contributed by atoms with E-state index in [-0.39, 0.29) is 11.9 Å². The van der Waals surface area contributed by atoms with Gasteiger partial charge in [0.1, 0.15) is 5.69 Å². The van der Waals surface area contributed by atoms with Crippen molar-refractivity contribution in [1.82, 2.24) is 25.0 Å². The summed E-state index contributed by atoms with van der Waals surface area (Å²) in [5.41, 5.74) is 1.90. The van der Waals surface area contributed by atoms with Crippen molar-refractivity contribution in [2.45, 2.75) is 45.3 Å². The van der Waals surface area contributed by atoms with Crippen molar-refractivity contribution in [3.8, 4) is 0 Å². The first-order valence-electron chi connectivity index (χ1n) is 8.70. The first-order chi connectivity index (χ1) is 11.8. The van der Waals surface area contributed by atoms with Gasteiger partial charge in [-0.15, -0.1) is 0 Å². The lowest BCUT2D eigenvalue weighted by Gasteiger charge is -2.32. The number of amides is 1. The second-order valence-corrected chi connectivity index (χ2v) is 6.32. The van der Waals surface area contributed by atoms with Gasteiger partial charge in [0.05, 0.1) is 0 Å². The summed E-state index contributed by atoms with van der Waals surface area (Å²) >= 11 is 0. The number of carbonyl (C=O) groups is 1. The molecule has 3 rings (SSSR count). The molecule has 1 fully saturated rings. The molecule has 0 radical (unpaired) electrons. The maximum Gasteiger partial charge on any atom is 0.269 e. The van der Waals surface area contributed by atoms with E-state index in [2.05, 4.69) is 33.3 Å². The molecule has 0 atom stereocenters. The summed E-state index contributed by atoms with van der Waals surface area (Å²) in [5, 5.41) is 7.39. The van der Waals surface area contributed by atoms with Crippen LogP contribution in [0.3, 0.4) is 0 Å². The van der Waals surface area contributed by atoms with E-state index in [1.165, 1.54) is 5.56 Å². The van der Waals surface area contributed by atoms with Crippen LogP contribution in [0.25, 0.3) is 0 Å². The minimum absolute atomic E-state index is 0.00772. The summed E-state index contributed by atoms with van der Waals surface area (Å²) in [4.78, 5) is 19.0. The molecule has 0 saturated carbocycles. The Morgan fingerprint density at radius 3 is 2.83 bits per heavy atom. The van der Waals surface area contributed by atoms with Gasteiger partial charge in [-0.05, 0) is 37.0 Å². The zero-order valence-electron chi connectivity index (χ0n) is 14.2. The molecule has 3 heterocycles. The molecular formula is C18H25N5O. The molecule has 0 aromatic carbocycles. The largest absolute Gasteiger partial charge is 0.348 e. The van der Waals surface area contributed by atoms with Gasteiger partial charge in [0.25, 0.3) is 5.91 Å². The molecule has 1 N–H and O–H groups in total. The molecule has 1 aliphatic rings. The molecule has 1 amide bonds. The summed E-state index contributed by atoms with van der Waals surface area (Å²) < 4.78 is 1.78. The highest BCUT2D eigenvalue weighted by atomic mass is 16.2. The van der Waals surface area contributed by atoms with Crippen LogP contribution in [-0.4, -0.2) is 44.7 Å². The Morgan fingerprint density at radius 2 is 2.12 bits per heavy atom. The zero-order chi connectivity index (χ0) is 16.8. The van der Waals surface area contributed by atoms with E-state index < -0.39 is 0 Å². The van der Waals surface area contributed by atoms with Crippen molar-refractivity contribution < 1.29 is 4.79 Å². The van der Waals surface area contributed by atoms with Gasteiger partial charge in [0.15, 0.2) is 0 Å². The van der Waals surface area contributed by atoms with Crippen LogP contribution in [0.4, 0.5) is 0 Å². The average Bonchev–Trinajstić information content (AvgIpc) is 3.06. The first-order valence-corrected chi connectivity index (χ1v) is 8.70. The van der Waals surface area contributed by atoms with E-state index in [1.807, 2.05) is 12.3 Å². The topological polar surface area (TPSA) is 63.1 Å². The Kier molecular flexibility index (Phi) is 5.59. The highest BCUT2D eigenvalue weighted by molar-refractivity contribution is 5.92. The zero-order valence-corrected chi connectivity index (χ0v) is 14.2. The molecule has 6 nitrogen and oxygen atoms in total. The lowest BCUT2D eigenvalue weighted by atomic mass is 10.0. The van der Waals surface area contributed by atoms with E-state index in [0.717, 1.165) is 45.4 Å². The number of rotatable bonds is 6. The summed E-state index contributed by atoms with van der Waals surface area (Å²) in [6.45, 7) is 5.78. The minimum Gasteiger partial charge on any atom is -0.348 e. The number of hydrogen-bond donors (Lipinski definition) is 1. The van der Waals surface area contributed by atoms with E-state index >= 15 is 0 Å². The Bertz CT molecular complexity index is 646. The number of aromatic nitrogens is 3. The number of nitrogens with zero attached hydrogens (tertiary/aromatic N) is 4. The van der Waals surface area contributed by atoms with Crippen molar-refractivity contribution in [3.05, 3.63) is 48.0 Å². The summed E-state index contributed by atoms with van der Waals surface area (Å²) in [7, 11) is 0. The molecule has 0 spiro atoms. The number of likely N-dealkylation sites (tertiary alicyclic amines) is 1. The molecule has 128 valence electrons. The molecule has 2 aromatic rings. The highest BCUT2D eigenvalue weighted by Gasteiger charge is 2.22. The standard InChI is InChI=1S/C18H25N5O/c1-2-10-23-17(5-9-20-23)18(24)21-16-6-11-22(12-7-16)14-15-4-3-8-19-13-15/h3-5,8-9,13,16H,2,6-7,10-12,14H2,1H3,(H,21,24). The predicted molar refractivity (Wildman–Crippen MR) is 92.5 cm³/mol. The summed E-state index contributed by atoms with van der Waals surface area (Å²) in [6.07, 6.45) is 8.34. The second kappa shape index (κ2) is 8.06. The summed E-state index contributed by atoms with van der Waals surface area (Å²) in [5.74, 6) is -0.00772. The monoisotopic (exact) mass is 327 g/mol. The molecule has 0 aliphatic carbocycles. The van der Waals surface area contributed by atoms with Crippen LogP contribution in [-0.2, 0) is 13.1 Å². The van der Waals surface area contributed by atoms with E-state index in [4.69, 9.17) is 0 Å². The quantitative estimate of drug-likeness (QED) is 0.882. The normalized spacial score (nSPS) is 16.2. The van der Waals surface area contributed by atoms with E-state index in [0.29, 0.717) is 5.69 Å². The van der Waals surface area contributed by atoms with Crippen LogP contribution in [0.2, 0.25) is 0 Å². The third-order valence-electron chi connectivity index (χ3n) is 4.44. The minimum atomic E-state index is -0.00772. The van der Waals surface area contributed by atoms with Crippen LogP contribution in [0.5, 0.6) is 0 Å². The predicted octanol–water partition coefficient (Wildman–Crippen LogP) is 2.08. The number of piperidine rings is 1. The fourth-order valence-corrected chi connectivity index (χ4v) is 3.16. The van der Waals surface area contributed by atoms with E-state index in [1.54, 1.807) is 23.1 Å². The maximum absolute atomic E-state index is 12.4. The van der Waals surface area contributed by atoms with Gasteiger partial charge in [0.2, 0.25) is 0 Å². The van der Waals surface area contributed by atoms with Crippen LogP contribution < -0.4 is 5.32 Å². The molecule has 24 heavy (non-hydrogen) atoms. The fraction of sp³-hybridized carbons (Fsp3) is 0.500. The van der Waals surface area contributed by atoms with Crippen molar-refractivity contribution in [1.29, 1.82) is 0 Å².